The molecule has 1 aromatic rings. The van der Waals surface area contributed by atoms with Gasteiger partial charge in [-0.15, -0.1) is 0 Å². The SMILES string of the molecule is CCn1c(N2CCCC2)c(/C=C2\SC(=S)N(C(C)C)C2=O)c(C)c(C#N)c1=O. The molecule has 1 amide bonds. The second-order valence-corrected chi connectivity index (χ2v) is 8.91. The lowest BCUT2D eigenvalue weighted by atomic mass is 10.0. The third-order valence-electron chi connectivity index (χ3n) is 5.18. The molecule has 0 spiro atoms. The molecule has 2 fully saturated rings. The van der Waals surface area contributed by atoms with Gasteiger partial charge in [-0.2, -0.15) is 5.26 Å². The smallest absolute Gasteiger partial charge is 0.270 e. The molecule has 0 radical (unpaired) electrons. The van der Waals surface area contributed by atoms with Gasteiger partial charge in [0.2, 0.25) is 0 Å². The van der Waals surface area contributed by atoms with E-state index in [-0.39, 0.29) is 23.1 Å². The Morgan fingerprint density at radius 2 is 1.93 bits per heavy atom. The lowest BCUT2D eigenvalue weighted by Crippen LogP contribution is -2.34. The van der Waals surface area contributed by atoms with Gasteiger partial charge in [-0.1, -0.05) is 24.0 Å². The molecule has 0 bridgehead atoms. The van der Waals surface area contributed by atoms with Crippen LogP contribution in [-0.2, 0) is 11.3 Å². The van der Waals surface area contributed by atoms with E-state index in [2.05, 4.69) is 11.0 Å². The summed E-state index contributed by atoms with van der Waals surface area (Å²) in [5.41, 5.74) is 1.25. The van der Waals surface area contributed by atoms with Gasteiger partial charge in [0.1, 0.15) is 21.8 Å². The summed E-state index contributed by atoms with van der Waals surface area (Å²) in [5.74, 6) is 0.681. The van der Waals surface area contributed by atoms with Crippen LogP contribution in [0.15, 0.2) is 9.70 Å². The molecule has 0 saturated carbocycles. The number of anilines is 1. The Morgan fingerprint density at radius 1 is 1.29 bits per heavy atom. The topological polar surface area (TPSA) is 69.3 Å². The average Bonchev–Trinajstić information content (AvgIpc) is 3.25. The van der Waals surface area contributed by atoms with Gasteiger partial charge < -0.3 is 4.90 Å². The zero-order valence-electron chi connectivity index (χ0n) is 16.6. The lowest BCUT2D eigenvalue weighted by molar-refractivity contribution is -0.123. The van der Waals surface area contributed by atoms with E-state index in [0.29, 0.717) is 21.3 Å². The highest BCUT2D eigenvalue weighted by atomic mass is 32.2. The summed E-state index contributed by atoms with van der Waals surface area (Å²) in [6, 6.07) is 2.04. The predicted octanol–water partition coefficient (Wildman–Crippen LogP) is 3.26. The summed E-state index contributed by atoms with van der Waals surface area (Å²) in [6.07, 6.45) is 3.94. The molecule has 1 aromatic heterocycles. The number of amides is 1. The number of nitriles is 1. The largest absolute Gasteiger partial charge is 0.357 e. The van der Waals surface area contributed by atoms with Gasteiger partial charge in [-0.3, -0.25) is 19.1 Å². The molecule has 28 heavy (non-hydrogen) atoms. The Balaban J connectivity index is 2.25. The fourth-order valence-electron chi connectivity index (χ4n) is 3.76. The van der Waals surface area contributed by atoms with Crippen molar-refractivity contribution >= 4 is 46.1 Å². The molecule has 0 unspecified atom stereocenters. The van der Waals surface area contributed by atoms with Crippen LogP contribution < -0.4 is 10.5 Å². The van der Waals surface area contributed by atoms with E-state index in [0.717, 1.165) is 37.3 Å². The second-order valence-electron chi connectivity index (χ2n) is 7.24. The molecule has 3 rings (SSSR count). The van der Waals surface area contributed by atoms with Crippen LogP contribution >= 0.6 is 24.0 Å². The van der Waals surface area contributed by atoms with Crippen molar-refractivity contribution in [2.45, 2.75) is 53.1 Å². The van der Waals surface area contributed by atoms with Crippen molar-refractivity contribution in [2.24, 2.45) is 0 Å². The van der Waals surface area contributed by atoms with E-state index < -0.39 is 0 Å². The highest BCUT2D eigenvalue weighted by molar-refractivity contribution is 8.26. The minimum atomic E-state index is -0.267. The molecule has 0 aliphatic carbocycles. The predicted molar refractivity (Wildman–Crippen MR) is 117 cm³/mol. The zero-order valence-corrected chi connectivity index (χ0v) is 18.2. The van der Waals surface area contributed by atoms with Crippen molar-refractivity contribution in [3.8, 4) is 6.07 Å². The minimum Gasteiger partial charge on any atom is -0.357 e. The maximum atomic E-state index is 12.9. The molecule has 2 aliphatic rings. The van der Waals surface area contributed by atoms with Crippen molar-refractivity contribution in [1.29, 1.82) is 5.26 Å². The van der Waals surface area contributed by atoms with Crippen LogP contribution in [0.5, 0.6) is 0 Å². The van der Waals surface area contributed by atoms with Gasteiger partial charge in [-0.05, 0) is 52.2 Å². The number of carbonyl (C=O) groups excluding carboxylic acids is 1. The monoisotopic (exact) mass is 416 g/mol. The molecule has 0 atom stereocenters. The number of carbonyl (C=O) groups is 1. The quantitative estimate of drug-likeness (QED) is 0.554. The molecule has 3 heterocycles. The van der Waals surface area contributed by atoms with Crippen molar-refractivity contribution in [3.63, 3.8) is 0 Å². The van der Waals surface area contributed by atoms with Gasteiger partial charge in [0.15, 0.2) is 0 Å². The average molecular weight is 417 g/mol. The molecule has 148 valence electrons. The van der Waals surface area contributed by atoms with E-state index >= 15 is 0 Å². The maximum Gasteiger partial charge on any atom is 0.270 e. The van der Waals surface area contributed by atoms with Gasteiger partial charge in [0, 0.05) is 31.2 Å². The van der Waals surface area contributed by atoms with E-state index in [1.54, 1.807) is 16.4 Å². The highest BCUT2D eigenvalue weighted by Gasteiger charge is 2.34. The fraction of sp³-hybridized carbons (Fsp3) is 0.500. The Morgan fingerprint density at radius 3 is 2.43 bits per heavy atom. The normalized spacial score (nSPS) is 18.6. The van der Waals surface area contributed by atoms with Crippen LogP contribution in [0.4, 0.5) is 5.82 Å². The first-order valence-corrected chi connectivity index (χ1v) is 10.7. The van der Waals surface area contributed by atoms with E-state index in [1.807, 2.05) is 26.8 Å². The summed E-state index contributed by atoms with van der Waals surface area (Å²) < 4.78 is 2.20. The molecule has 0 aromatic carbocycles. The summed E-state index contributed by atoms with van der Waals surface area (Å²) in [6.45, 7) is 9.73. The van der Waals surface area contributed by atoms with Crippen LogP contribution in [0.3, 0.4) is 0 Å². The van der Waals surface area contributed by atoms with E-state index in [9.17, 15) is 14.9 Å². The molecule has 2 saturated heterocycles. The van der Waals surface area contributed by atoms with Crippen LogP contribution in [-0.4, -0.2) is 38.8 Å². The number of pyridine rings is 1. The van der Waals surface area contributed by atoms with Crippen LogP contribution in [0.1, 0.15) is 50.3 Å². The van der Waals surface area contributed by atoms with Crippen molar-refractivity contribution in [1.82, 2.24) is 9.47 Å². The Kier molecular flexibility index (Phi) is 5.96. The summed E-state index contributed by atoms with van der Waals surface area (Å²) in [4.78, 5) is 30.1. The number of aromatic nitrogens is 1. The molecule has 8 heteroatoms. The number of thiocarbonyl (C=S) groups is 1. The van der Waals surface area contributed by atoms with E-state index in [1.165, 1.54) is 11.8 Å². The van der Waals surface area contributed by atoms with Gasteiger partial charge in [0.25, 0.3) is 11.5 Å². The lowest BCUT2D eigenvalue weighted by Gasteiger charge is -2.26. The zero-order chi connectivity index (χ0) is 20.6. The van der Waals surface area contributed by atoms with Crippen molar-refractivity contribution < 1.29 is 4.79 Å². The number of nitrogens with zero attached hydrogens (tertiary/aromatic N) is 4. The highest BCUT2D eigenvalue weighted by Crippen LogP contribution is 2.37. The third-order valence-corrected chi connectivity index (χ3v) is 6.51. The fourth-order valence-corrected chi connectivity index (χ4v) is 5.27. The van der Waals surface area contributed by atoms with Gasteiger partial charge in [-0.25, -0.2) is 0 Å². The van der Waals surface area contributed by atoms with Crippen LogP contribution in [0.2, 0.25) is 0 Å². The maximum absolute atomic E-state index is 12.9. The first kappa shape index (κ1) is 20.6. The summed E-state index contributed by atoms with van der Waals surface area (Å²) in [5, 5.41) is 9.57. The number of hydrogen-bond acceptors (Lipinski definition) is 6. The molecular formula is C20H24N4O2S2. The first-order valence-electron chi connectivity index (χ1n) is 9.51. The third kappa shape index (κ3) is 3.38. The Labute approximate surface area is 174 Å². The molecular weight excluding hydrogens is 392 g/mol. The summed E-state index contributed by atoms with van der Waals surface area (Å²) in [7, 11) is 0. The molecule has 6 nitrogen and oxygen atoms in total. The molecule has 0 N–H and O–H groups in total. The minimum absolute atomic E-state index is 0.0168. The van der Waals surface area contributed by atoms with Crippen molar-refractivity contribution in [3.05, 3.63) is 31.9 Å². The summed E-state index contributed by atoms with van der Waals surface area (Å²) >= 11 is 6.66. The van der Waals surface area contributed by atoms with Crippen LogP contribution in [0.25, 0.3) is 6.08 Å². The first-order chi connectivity index (χ1) is 13.3. The van der Waals surface area contributed by atoms with E-state index in [4.69, 9.17) is 12.2 Å². The Hall–Kier alpha value is -2.11. The van der Waals surface area contributed by atoms with Crippen LogP contribution in [0, 0.1) is 18.3 Å². The Bertz CT molecular complexity index is 966. The standard InChI is InChI=1S/C20H24N4O2S2/c1-5-23-17(22-8-6-7-9-22)14(13(4)15(11-21)18(23)25)10-16-19(26)24(12(2)3)20(27)28-16/h10,12H,5-9H2,1-4H3/b16-10-. The molecule has 2 aliphatic heterocycles. The number of thioether (sulfide) groups is 1. The number of rotatable bonds is 4. The second kappa shape index (κ2) is 8.10. The van der Waals surface area contributed by atoms with Crippen molar-refractivity contribution in [2.75, 3.05) is 18.0 Å². The number of hydrogen-bond donors (Lipinski definition) is 0. The van der Waals surface area contributed by atoms with Gasteiger partial charge in [0.05, 0.1) is 4.91 Å². The van der Waals surface area contributed by atoms with Gasteiger partial charge >= 0.3 is 0 Å².